The molecule has 2 N–H and O–H groups in total. The van der Waals surface area contributed by atoms with E-state index in [-0.39, 0.29) is 18.1 Å². The summed E-state index contributed by atoms with van der Waals surface area (Å²) in [5, 5.41) is 11.7. The Balaban J connectivity index is 2.10. The van der Waals surface area contributed by atoms with E-state index in [9.17, 15) is 4.79 Å². The molecule has 100 valence electrons. The van der Waals surface area contributed by atoms with Crippen molar-refractivity contribution >= 4 is 5.91 Å². The smallest absolute Gasteiger partial charge is 0.253 e. The lowest BCUT2D eigenvalue weighted by molar-refractivity contribution is 0.0907. The van der Waals surface area contributed by atoms with E-state index in [4.69, 9.17) is 5.11 Å². The summed E-state index contributed by atoms with van der Waals surface area (Å²) in [6, 6.07) is 1.70. The van der Waals surface area contributed by atoms with E-state index in [0.717, 1.165) is 25.7 Å². The highest BCUT2D eigenvalue weighted by atomic mass is 16.2. The molecule has 1 fully saturated rings. The summed E-state index contributed by atoms with van der Waals surface area (Å²) in [5.74, 6) is 5.19. The standard InChI is InChI=1S/C15H18N2O2/c1-15(6-2-3-7-15)17-14(19)13-9-12(5-4-8-18)10-16-11-13/h9-11,18H,2-3,6-8H2,1H3,(H,17,19). The fourth-order valence-electron chi connectivity index (χ4n) is 2.40. The van der Waals surface area contributed by atoms with Gasteiger partial charge >= 0.3 is 0 Å². The quantitative estimate of drug-likeness (QED) is 0.790. The fourth-order valence-corrected chi connectivity index (χ4v) is 2.40. The van der Waals surface area contributed by atoms with Crippen molar-refractivity contribution < 1.29 is 9.90 Å². The van der Waals surface area contributed by atoms with Crippen LogP contribution < -0.4 is 5.32 Å². The number of hydrogen-bond acceptors (Lipinski definition) is 3. The van der Waals surface area contributed by atoms with Gasteiger partial charge in [-0.2, -0.15) is 0 Å². The number of carbonyl (C=O) groups excluding carboxylic acids is 1. The van der Waals surface area contributed by atoms with E-state index in [1.165, 1.54) is 6.20 Å². The zero-order valence-corrected chi connectivity index (χ0v) is 11.1. The van der Waals surface area contributed by atoms with Crippen LogP contribution in [0.4, 0.5) is 0 Å². The predicted molar refractivity (Wildman–Crippen MR) is 72.5 cm³/mol. The van der Waals surface area contributed by atoms with Gasteiger partial charge in [0, 0.05) is 23.5 Å². The second kappa shape index (κ2) is 5.85. The number of aliphatic hydroxyl groups excluding tert-OH is 1. The summed E-state index contributed by atoms with van der Waals surface area (Å²) in [5.41, 5.74) is 1.06. The summed E-state index contributed by atoms with van der Waals surface area (Å²) in [6.45, 7) is 1.88. The van der Waals surface area contributed by atoms with Crippen LogP contribution in [0.1, 0.15) is 48.5 Å². The van der Waals surface area contributed by atoms with Crippen molar-refractivity contribution in [1.29, 1.82) is 0 Å². The number of nitrogens with one attached hydrogen (secondary N) is 1. The molecule has 0 aliphatic heterocycles. The maximum Gasteiger partial charge on any atom is 0.253 e. The van der Waals surface area contributed by atoms with Gasteiger partial charge in [-0.25, -0.2) is 0 Å². The minimum atomic E-state index is -0.200. The third-order valence-electron chi connectivity index (χ3n) is 3.43. The Labute approximate surface area is 113 Å². The first-order valence-electron chi connectivity index (χ1n) is 6.50. The lowest BCUT2D eigenvalue weighted by Gasteiger charge is -2.25. The molecule has 19 heavy (non-hydrogen) atoms. The Morgan fingerprint density at radius 1 is 1.47 bits per heavy atom. The van der Waals surface area contributed by atoms with Crippen molar-refractivity contribution in [3.63, 3.8) is 0 Å². The zero-order valence-electron chi connectivity index (χ0n) is 11.1. The molecular formula is C15H18N2O2. The predicted octanol–water partition coefficient (Wildman–Crippen LogP) is 1.49. The highest BCUT2D eigenvalue weighted by molar-refractivity contribution is 5.94. The Hall–Kier alpha value is -1.86. The highest BCUT2D eigenvalue weighted by Gasteiger charge is 2.30. The van der Waals surface area contributed by atoms with Crippen LogP contribution in [0.15, 0.2) is 18.5 Å². The first kappa shape index (κ1) is 13.6. The van der Waals surface area contributed by atoms with Crippen LogP contribution in [0.5, 0.6) is 0 Å². The average molecular weight is 258 g/mol. The first-order valence-corrected chi connectivity index (χ1v) is 6.50. The van der Waals surface area contributed by atoms with Crippen LogP contribution in [0.25, 0.3) is 0 Å². The van der Waals surface area contributed by atoms with E-state index >= 15 is 0 Å². The molecule has 4 nitrogen and oxygen atoms in total. The molecule has 0 bridgehead atoms. The minimum Gasteiger partial charge on any atom is -0.384 e. The van der Waals surface area contributed by atoms with Gasteiger partial charge in [0.1, 0.15) is 6.61 Å². The largest absolute Gasteiger partial charge is 0.384 e. The van der Waals surface area contributed by atoms with Gasteiger partial charge in [-0.15, -0.1) is 0 Å². The van der Waals surface area contributed by atoms with Gasteiger partial charge in [0.25, 0.3) is 5.91 Å². The Bertz CT molecular complexity index is 522. The molecule has 1 aromatic rings. The van der Waals surface area contributed by atoms with Gasteiger partial charge < -0.3 is 10.4 Å². The summed E-state index contributed by atoms with van der Waals surface area (Å²) < 4.78 is 0. The van der Waals surface area contributed by atoms with Crippen molar-refractivity contribution in [2.24, 2.45) is 0 Å². The van der Waals surface area contributed by atoms with E-state index in [0.29, 0.717) is 11.1 Å². The molecule has 0 saturated heterocycles. The van der Waals surface area contributed by atoms with Crippen LogP contribution in [0.2, 0.25) is 0 Å². The SMILES string of the molecule is CC1(NC(=O)c2cncc(C#CCO)c2)CCCC1. The lowest BCUT2D eigenvalue weighted by Crippen LogP contribution is -2.43. The maximum atomic E-state index is 12.2. The third kappa shape index (κ3) is 3.55. The molecule has 0 radical (unpaired) electrons. The van der Waals surface area contributed by atoms with Gasteiger partial charge in [0.15, 0.2) is 0 Å². The second-order valence-corrected chi connectivity index (χ2v) is 5.14. The van der Waals surface area contributed by atoms with Crippen molar-refractivity contribution in [2.75, 3.05) is 6.61 Å². The molecule has 1 heterocycles. The van der Waals surface area contributed by atoms with Crippen LogP contribution >= 0.6 is 0 Å². The summed E-state index contributed by atoms with van der Waals surface area (Å²) in [6.07, 6.45) is 7.49. The molecular weight excluding hydrogens is 240 g/mol. The Morgan fingerprint density at radius 2 is 2.21 bits per heavy atom. The van der Waals surface area contributed by atoms with Gasteiger partial charge in [0.2, 0.25) is 0 Å². The number of aromatic nitrogens is 1. The molecule has 0 aromatic carbocycles. The molecule has 2 rings (SSSR count). The molecule has 1 aromatic heterocycles. The molecule has 1 saturated carbocycles. The number of hydrogen-bond donors (Lipinski definition) is 2. The normalized spacial score (nSPS) is 16.5. The summed E-state index contributed by atoms with van der Waals surface area (Å²) in [4.78, 5) is 16.2. The van der Waals surface area contributed by atoms with Gasteiger partial charge in [-0.05, 0) is 25.8 Å². The highest BCUT2D eigenvalue weighted by Crippen LogP contribution is 2.29. The summed E-state index contributed by atoms with van der Waals surface area (Å²) in [7, 11) is 0. The number of pyridine rings is 1. The van der Waals surface area contributed by atoms with Crippen molar-refractivity contribution in [1.82, 2.24) is 10.3 Å². The van der Waals surface area contributed by atoms with Crippen molar-refractivity contribution in [2.45, 2.75) is 38.1 Å². The van der Waals surface area contributed by atoms with E-state index in [2.05, 4.69) is 29.1 Å². The summed E-state index contributed by atoms with van der Waals surface area (Å²) >= 11 is 0. The maximum absolute atomic E-state index is 12.2. The number of carbonyl (C=O) groups is 1. The number of aliphatic hydroxyl groups is 1. The third-order valence-corrected chi connectivity index (χ3v) is 3.43. The minimum absolute atomic E-state index is 0.0934. The van der Waals surface area contributed by atoms with Crippen molar-refractivity contribution in [3.8, 4) is 11.8 Å². The number of nitrogens with zero attached hydrogens (tertiary/aromatic N) is 1. The molecule has 1 aliphatic carbocycles. The van der Waals surface area contributed by atoms with Gasteiger partial charge in [-0.3, -0.25) is 9.78 Å². The second-order valence-electron chi connectivity index (χ2n) is 5.14. The number of rotatable bonds is 2. The van der Waals surface area contributed by atoms with Gasteiger partial charge in [0.05, 0.1) is 5.56 Å². The monoisotopic (exact) mass is 258 g/mol. The zero-order chi connectivity index (χ0) is 13.7. The first-order chi connectivity index (χ1) is 9.13. The average Bonchev–Trinajstić information content (AvgIpc) is 2.83. The fraction of sp³-hybridized carbons (Fsp3) is 0.467. The van der Waals surface area contributed by atoms with E-state index in [1.54, 1.807) is 12.3 Å². The lowest BCUT2D eigenvalue weighted by atomic mass is 10.00. The van der Waals surface area contributed by atoms with Crippen LogP contribution in [0.3, 0.4) is 0 Å². The van der Waals surface area contributed by atoms with Crippen LogP contribution in [-0.4, -0.2) is 28.1 Å². The molecule has 0 atom stereocenters. The van der Waals surface area contributed by atoms with E-state index < -0.39 is 0 Å². The molecule has 1 amide bonds. The van der Waals surface area contributed by atoms with Crippen LogP contribution in [-0.2, 0) is 0 Å². The molecule has 0 spiro atoms. The van der Waals surface area contributed by atoms with Crippen LogP contribution in [0, 0.1) is 11.8 Å². The topological polar surface area (TPSA) is 62.2 Å². The molecule has 4 heteroatoms. The number of amides is 1. The van der Waals surface area contributed by atoms with Gasteiger partial charge in [-0.1, -0.05) is 24.7 Å². The molecule has 0 unspecified atom stereocenters. The Morgan fingerprint density at radius 3 is 2.89 bits per heavy atom. The Kier molecular flexibility index (Phi) is 4.18. The van der Waals surface area contributed by atoms with E-state index in [1.807, 2.05) is 0 Å². The molecule has 1 aliphatic rings. The van der Waals surface area contributed by atoms with Crippen molar-refractivity contribution in [3.05, 3.63) is 29.6 Å².